The van der Waals surface area contributed by atoms with E-state index in [2.05, 4.69) is 15.3 Å². The number of rotatable bonds is 4. The highest BCUT2D eigenvalue weighted by Crippen LogP contribution is 2.64. The third kappa shape index (κ3) is 2.79. The summed E-state index contributed by atoms with van der Waals surface area (Å²) < 4.78 is 17.6. The average molecular weight is 452 g/mol. The number of amides is 1. The molecule has 33 heavy (non-hydrogen) atoms. The molecule has 4 aliphatic carbocycles. The second-order valence-corrected chi connectivity index (χ2v) is 10.2. The summed E-state index contributed by atoms with van der Waals surface area (Å²) in [5.74, 6) is -0.505. The predicted octanol–water partition coefficient (Wildman–Crippen LogP) is 2.07. The van der Waals surface area contributed by atoms with E-state index in [4.69, 9.17) is 5.73 Å². The Morgan fingerprint density at radius 3 is 2.61 bits per heavy atom. The number of aryl methyl sites for hydroxylation is 2. The van der Waals surface area contributed by atoms with Gasteiger partial charge in [0.2, 0.25) is 5.95 Å². The van der Waals surface area contributed by atoms with Gasteiger partial charge in [-0.25, -0.2) is 14.2 Å². The highest BCUT2D eigenvalue weighted by atomic mass is 19.1. The first kappa shape index (κ1) is 20.3. The minimum Gasteiger partial charge on any atom is -0.390 e. The maximum absolute atomic E-state index is 14.3. The molecule has 1 aromatic carbocycles. The van der Waals surface area contributed by atoms with E-state index in [1.54, 1.807) is 24.7 Å². The van der Waals surface area contributed by atoms with Crippen molar-refractivity contribution in [3.63, 3.8) is 0 Å². The maximum Gasteiger partial charge on any atom is 0.330 e. The fourth-order valence-electron chi connectivity index (χ4n) is 6.82. The topological polar surface area (TPSA) is 128 Å². The highest BCUT2D eigenvalue weighted by molar-refractivity contribution is 5.94. The number of nitrogens with two attached hydrogens (primary N) is 1. The Balaban J connectivity index is 1.45. The van der Waals surface area contributed by atoms with Gasteiger partial charge in [0.05, 0.1) is 22.9 Å². The molecule has 1 amide bonds. The normalized spacial score (nSPS) is 29.8. The first-order chi connectivity index (χ1) is 15.6. The Morgan fingerprint density at radius 1 is 1.27 bits per heavy atom. The Labute approximate surface area is 188 Å². The standard InChI is InChI=1S/C23H25FN6O3/c1-11-3-14(18(25)31)15(24)4-16(11)27-20-26-9-17-19(28-20)30(21(32)29(17)2)22-5-12-7-23(33,10-22)8-13(12)6-22/h3-4,9,12-13,33H,5-8,10H2,1-2H3,(H2,25,31)(H,26,27,28). The molecule has 0 spiro atoms. The molecule has 0 radical (unpaired) electrons. The number of aliphatic hydroxyl groups is 1. The average Bonchev–Trinajstić information content (AvgIpc) is 3.23. The second kappa shape index (κ2) is 6.40. The molecule has 4 aliphatic rings. The van der Waals surface area contributed by atoms with E-state index in [0.29, 0.717) is 40.7 Å². The number of aromatic nitrogens is 4. The van der Waals surface area contributed by atoms with Crippen molar-refractivity contribution in [3.05, 3.63) is 45.8 Å². The number of anilines is 2. The van der Waals surface area contributed by atoms with Gasteiger partial charge in [0.1, 0.15) is 11.3 Å². The van der Waals surface area contributed by atoms with E-state index >= 15 is 0 Å². The maximum atomic E-state index is 14.3. The number of nitrogens with zero attached hydrogens (tertiary/aromatic N) is 4. The molecule has 4 N–H and O–H groups in total. The molecule has 172 valence electrons. The molecule has 2 atom stereocenters. The molecule has 0 saturated heterocycles. The molecule has 3 aromatic rings. The molecule has 2 unspecified atom stereocenters. The number of imidazole rings is 1. The van der Waals surface area contributed by atoms with Gasteiger partial charge in [-0.2, -0.15) is 4.98 Å². The number of benzene rings is 1. The van der Waals surface area contributed by atoms with Crippen molar-refractivity contribution in [1.29, 1.82) is 0 Å². The molecule has 9 nitrogen and oxygen atoms in total. The van der Waals surface area contributed by atoms with Crippen LogP contribution in [-0.2, 0) is 12.6 Å². The zero-order valence-corrected chi connectivity index (χ0v) is 18.4. The molecule has 4 saturated carbocycles. The fraction of sp³-hybridized carbons (Fsp3) is 0.478. The van der Waals surface area contributed by atoms with Gasteiger partial charge in [0, 0.05) is 12.7 Å². The van der Waals surface area contributed by atoms with Gasteiger partial charge in [-0.1, -0.05) is 0 Å². The van der Waals surface area contributed by atoms with E-state index in [-0.39, 0.29) is 17.2 Å². The Morgan fingerprint density at radius 2 is 1.97 bits per heavy atom. The van der Waals surface area contributed by atoms with Gasteiger partial charge in [-0.15, -0.1) is 0 Å². The minimum absolute atomic E-state index is 0.171. The van der Waals surface area contributed by atoms with Crippen LogP contribution < -0.4 is 16.7 Å². The number of primary amides is 1. The van der Waals surface area contributed by atoms with Crippen molar-refractivity contribution in [2.75, 3.05) is 5.32 Å². The monoisotopic (exact) mass is 452 g/mol. The lowest BCUT2D eigenvalue weighted by Crippen LogP contribution is -2.50. The van der Waals surface area contributed by atoms with Crippen LogP contribution in [0.1, 0.15) is 48.0 Å². The van der Waals surface area contributed by atoms with Crippen molar-refractivity contribution < 1.29 is 14.3 Å². The number of nitrogens with one attached hydrogen (secondary N) is 1. The van der Waals surface area contributed by atoms with Crippen LogP contribution >= 0.6 is 0 Å². The fourth-order valence-corrected chi connectivity index (χ4v) is 6.82. The summed E-state index contributed by atoms with van der Waals surface area (Å²) in [6.45, 7) is 1.72. The van der Waals surface area contributed by atoms with Crippen LogP contribution in [0.25, 0.3) is 11.2 Å². The SMILES string of the molecule is Cc1cc(C(N)=O)c(F)cc1Nc1ncc2c(n1)n(C13CC4CC(O)(CC4C1)C3)c(=O)n2C. The summed E-state index contributed by atoms with van der Waals surface area (Å²) in [6, 6.07) is 2.56. The molecule has 10 heteroatoms. The first-order valence-corrected chi connectivity index (χ1v) is 11.1. The van der Waals surface area contributed by atoms with Crippen LogP contribution in [0.3, 0.4) is 0 Å². The third-order valence-electron chi connectivity index (χ3n) is 8.00. The molecule has 0 aliphatic heterocycles. The lowest BCUT2D eigenvalue weighted by Gasteiger charge is -2.43. The number of hydrogen-bond donors (Lipinski definition) is 3. The number of carbonyl (C=O) groups excluding carboxylic acids is 1. The summed E-state index contributed by atoms with van der Waals surface area (Å²) in [7, 11) is 1.70. The lowest BCUT2D eigenvalue weighted by molar-refractivity contribution is -0.0421. The van der Waals surface area contributed by atoms with E-state index in [0.717, 1.165) is 25.7 Å². The predicted molar refractivity (Wildman–Crippen MR) is 119 cm³/mol. The van der Waals surface area contributed by atoms with Gasteiger partial charge in [0.15, 0.2) is 5.65 Å². The molecular weight excluding hydrogens is 427 g/mol. The minimum atomic E-state index is -0.838. The van der Waals surface area contributed by atoms with Crippen molar-refractivity contribution in [2.24, 2.45) is 24.6 Å². The van der Waals surface area contributed by atoms with Crippen molar-refractivity contribution in [2.45, 2.75) is 50.2 Å². The largest absolute Gasteiger partial charge is 0.390 e. The van der Waals surface area contributed by atoms with Crippen LogP contribution in [0, 0.1) is 24.6 Å². The summed E-state index contributed by atoms with van der Waals surface area (Å²) >= 11 is 0. The molecule has 2 aromatic heterocycles. The van der Waals surface area contributed by atoms with Crippen molar-refractivity contribution >= 4 is 28.7 Å². The lowest BCUT2D eigenvalue weighted by atomic mass is 9.73. The smallest absolute Gasteiger partial charge is 0.330 e. The van der Waals surface area contributed by atoms with Crippen molar-refractivity contribution in [1.82, 2.24) is 19.1 Å². The van der Waals surface area contributed by atoms with Gasteiger partial charge < -0.3 is 16.2 Å². The third-order valence-corrected chi connectivity index (χ3v) is 8.00. The number of fused-ring (bicyclic) bond motifs is 1. The van der Waals surface area contributed by atoms with E-state index in [1.807, 2.05) is 0 Å². The second-order valence-electron chi connectivity index (χ2n) is 10.2. The van der Waals surface area contributed by atoms with Gasteiger partial charge >= 0.3 is 5.69 Å². The summed E-state index contributed by atoms with van der Waals surface area (Å²) in [6.07, 6.45) is 5.49. The van der Waals surface area contributed by atoms with Gasteiger partial charge in [-0.05, 0) is 68.6 Å². The van der Waals surface area contributed by atoms with Gasteiger partial charge in [0.25, 0.3) is 5.91 Å². The Kier molecular flexibility index (Phi) is 3.95. The van der Waals surface area contributed by atoms with E-state index in [9.17, 15) is 19.1 Å². The molecule has 2 heterocycles. The zero-order valence-electron chi connectivity index (χ0n) is 18.4. The Bertz CT molecular complexity index is 1400. The van der Waals surface area contributed by atoms with Crippen LogP contribution in [-0.4, -0.2) is 35.7 Å². The zero-order chi connectivity index (χ0) is 23.3. The first-order valence-electron chi connectivity index (χ1n) is 11.1. The Hall–Kier alpha value is -3.27. The van der Waals surface area contributed by atoms with Crippen molar-refractivity contribution in [3.8, 4) is 0 Å². The van der Waals surface area contributed by atoms with Crippen LogP contribution in [0.2, 0.25) is 0 Å². The summed E-state index contributed by atoms with van der Waals surface area (Å²) in [4.78, 5) is 33.7. The molecular formula is C23H25FN6O3. The quantitative estimate of drug-likeness (QED) is 0.556. The van der Waals surface area contributed by atoms with E-state index in [1.165, 1.54) is 16.7 Å². The summed E-state index contributed by atoms with van der Waals surface area (Å²) in [5, 5.41) is 14.1. The number of carbonyl (C=O) groups is 1. The highest BCUT2D eigenvalue weighted by Gasteiger charge is 2.63. The number of hydrogen-bond acceptors (Lipinski definition) is 6. The van der Waals surface area contributed by atoms with Gasteiger partial charge in [-0.3, -0.25) is 13.9 Å². The van der Waals surface area contributed by atoms with Crippen LogP contribution in [0.5, 0.6) is 0 Å². The molecule has 4 fully saturated rings. The van der Waals surface area contributed by atoms with E-state index < -0.39 is 22.9 Å². The number of halogens is 1. The van der Waals surface area contributed by atoms with Crippen LogP contribution in [0.4, 0.5) is 16.0 Å². The van der Waals surface area contributed by atoms with Crippen LogP contribution in [0.15, 0.2) is 23.1 Å². The molecule has 4 bridgehead atoms. The molecule has 7 rings (SSSR count). The summed E-state index contributed by atoms with van der Waals surface area (Å²) in [5.41, 5.74) is 5.81.